The summed E-state index contributed by atoms with van der Waals surface area (Å²) in [6, 6.07) is 42.2. The molecule has 0 radical (unpaired) electrons. The Balaban J connectivity index is 1.58. The van der Waals surface area contributed by atoms with Gasteiger partial charge in [-0.2, -0.15) is 0 Å². The first-order valence-electron chi connectivity index (χ1n) is 14.4. The highest BCUT2D eigenvalue weighted by atomic mass is 16.2. The number of hydrogen-bond acceptors (Lipinski definition) is 3. The largest absolute Gasteiger partial charge is 0.322 e. The third-order valence-electron chi connectivity index (χ3n) is 8.99. The molecule has 0 spiro atoms. The van der Waals surface area contributed by atoms with Crippen molar-refractivity contribution in [2.24, 2.45) is 0 Å². The van der Waals surface area contributed by atoms with E-state index in [4.69, 9.17) is 0 Å². The van der Waals surface area contributed by atoms with Gasteiger partial charge in [0.25, 0.3) is 0 Å². The molecule has 2 aliphatic rings. The minimum atomic E-state index is -0.676. The van der Waals surface area contributed by atoms with Crippen LogP contribution in [0.1, 0.15) is 36.1 Å². The van der Waals surface area contributed by atoms with Gasteiger partial charge in [-0.05, 0) is 36.1 Å². The standard InChI is InChI=1S/C35H38N4O/c1-27-34(29-15-7-3-8-16-29,30-17-9-4-10-18-30)38(25-23-36-27)33(40)39-26-24-37-28(2)35(39,31-19-11-5-12-20-31)32-21-13-6-14-22-32/h3-22,27-28,36-37H,23-26H2,1-2H3. The number of nitrogens with one attached hydrogen (secondary N) is 2. The first kappa shape index (κ1) is 26.3. The lowest BCUT2D eigenvalue weighted by Crippen LogP contribution is -2.73. The van der Waals surface area contributed by atoms with Gasteiger partial charge in [0.1, 0.15) is 11.1 Å². The molecular formula is C35H38N4O. The van der Waals surface area contributed by atoms with Crippen LogP contribution in [-0.4, -0.2) is 54.1 Å². The first-order chi connectivity index (χ1) is 19.6. The maximum atomic E-state index is 15.4. The van der Waals surface area contributed by atoms with Crippen LogP contribution < -0.4 is 10.6 Å². The van der Waals surface area contributed by atoms with Crippen LogP contribution in [0.5, 0.6) is 0 Å². The van der Waals surface area contributed by atoms with Crippen molar-refractivity contribution >= 4 is 6.03 Å². The molecule has 2 fully saturated rings. The fraction of sp³-hybridized carbons (Fsp3) is 0.286. The normalized spacial score (nSPS) is 22.1. The Labute approximate surface area is 237 Å². The smallest absolute Gasteiger partial charge is 0.309 e. The Morgan fingerprint density at radius 3 is 1.10 bits per heavy atom. The molecule has 4 aromatic rings. The topological polar surface area (TPSA) is 47.6 Å². The van der Waals surface area contributed by atoms with Gasteiger partial charge < -0.3 is 20.4 Å². The Bertz CT molecular complexity index is 1220. The average molecular weight is 531 g/mol. The summed E-state index contributed by atoms with van der Waals surface area (Å²) in [7, 11) is 0. The fourth-order valence-electron chi connectivity index (χ4n) is 7.27. The van der Waals surface area contributed by atoms with Gasteiger partial charge in [0, 0.05) is 38.3 Å². The summed E-state index contributed by atoms with van der Waals surface area (Å²) in [6.07, 6.45) is 0. The zero-order chi connectivity index (χ0) is 27.6. The second-order valence-corrected chi connectivity index (χ2v) is 10.9. The van der Waals surface area contributed by atoms with Gasteiger partial charge in [0.05, 0.1) is 0 Å². The number of rotatable bonds is 4. The molecule has 0 aliphatic carbocycles. The quantitative estimate of drug-likeness (QED) is 0.362. The van der Waals surface area contributed by atoms with Crippen molar-refractivity contribution in [2.75, 3.05) is 26.2 Å². The molecule has 2 atom stereocenters. The molecule has 2 N–H and O–H groups in total. The molecular weight excluding hydrogens is 492 g/mol. The lowest BCUT2D eigenvalue weighted by atomic mass is 9.73. The van der Waals surface area contributed by atoms with Crippen molar-refractivity contribution in [3.05, 3.63) is 144 Å². The molecule has 2 aliphatic heterocycles. The highest BCUT2D eigenvalue weighted by Crippen LogP contribution is 2.46. The third-order valence-corrected chi connectivity index (χ3v) is 8.99. The van der Waals surface area contributed by atoms with E-state index >= 15 is 4.79 Å². The zero-order valence-electron chi connectivity index (χ0n) is 23.3. The Kier molecular flexibility index (Phi) is 7.18. The van der Waals surface area contributed by atoms with Crippen LogP contribution in [-0.2, 0) is 11.1 Å². The van der Waals surface area contributed by atoms with E-state index in [1.54, 1.807) is 0 Å². The van der Waals surface area contributed by atoms with Crippen molar-refractivity contribution in [2.45, 2.75) is 37.0 Å². The van der Waals surface area contributed by atoms with E-state index in [2.05, 4.69) is 131 Å². The second-order valence-electron chi connectivity index (χ2n) is 10.9. The summed E-state index contributed by atoms with van der Waals surface area (Å²) in [6.45, 7) is 7.10. The van der Waals surface area contributed by atoms with Crippen molar-refractivity contribution < 1.29 is 4.79 Å². The van der Waals surface area contributed by atoms with Crippen molar-refractivity contribution in [1.29, 1.82) is 0 Å². The van der Waals surface area contributed by atoms with Crippen LogP contribution in [0, 0.1) is 0 Å². The minimum Gasteiger partial charge on any atom is -0.309 e. The van der Waals surface area contributed by atoms with Gasteiger partial charge in [-0.1, -0.05) is 121 Å². The molecule has 0 bridgehead atoms. The molecule has 0 saturated carbocycles. The van der Waals surface area contributed by atoms with Crippen LogP contribution in [0.15, 0.2) is 121 Å². The molecule has 2 amide bonds. The number of amides is 2. The number of hydrogen-bond donors (Lipinski definition) is 2. The highest BCUT2D eigenvalue weighted by Gasteiger charge is 2.55. The van der Waals surface area contributed by atoms with E-state index in [0.29, 0.717) is 13.1 Å². The van der Waals surface area contributed by atoms with E-state index < -0.39 is 11.1 Å². The lowest BCUT2D eigenvalue weighted by Gasteiger charge is -2.58. The van der Waals surface area contributed by atoms with Gasteiger partial charge in [0.15, 0.2) is 0 Å². The van der Waals surface area contributed by atoms with Crippen molar-refractivity contribution in [3.63, 3.8) is 0 Å². The van der Waals surface area contributed by atoms with Gasteiger partial charge in [-0.15, -0.1) is 0 Å². The van der Waals surface area contributed by atoms with Crippen LogP contribution in [0.25, 0.3) is 0 Å². The average Bonchev–Trinajstić information content (AvgIpc) is 3.02. The summed E-state index contributed by atoms with van der Waals surface area (Å²) >= 11 is 0. The minimum absolute atomic E-state index is 0.00168. The summed E-state index contributed by atoms with van der Waals surface area (Å²) in [5, 5.41) is 7.45. The number of nitrogens with zero attached hydrogens (tertiary/aromatic N) is 2. The zero-order valence-corrected chi connectivity index (χ0v) is 23.3. The predicted octanol–water partition coefficient (Wildman–Crippen LogP) is 5.58. The Hall–Kier alpha value is -3.93. The number of carbonyl (C=O) groups excluding carboxylic acids is 1. The van der Waals surface area contributed by atoms with Gasteiger partial charge in [-0.25, -0.2) is 4.79 Å². The van der Waals surface area contributed by atoms with E-state index in [-0.39, 0.29) is 18.1 Å². The van der Waals surface area contributed by atoms with Crippen LogP contribution >= 0.6 is 0 Å². The predicted molar refractivity (Wildman–Crippen MR) is 161 cm³/mol. The molecule has 6 rings (SSSR count). The van der Waals surface area contributed by atoms with Crippen molar-refractivity contribution in [3.8, 4) is 0 Å². The molecule has 4 aromatic carbocycles. The molecule has 2 heterocycles. The molecule has 0 aromatic heterocycles. The van der Waals surface area contributed by atoms with E-state index in [1.807, 2.05) is 24.3 Å². The van der Waals surface area contributed by atoms with E-state index in [0.717, 1.165) is 35.3 Å². The van der Waals surface area contributed by atoms with Gasteiger partial charge in [-0.3, -0.25) is 0 Å². The number of piperazine rings is 2. The van der Waals surface area contributed by atoms with E-state index in [9.17, 15) is 0 Å². The maximum Gasteiger partial charge on any atom is 0.322 e. The Morgan fingerprint density at radius 1 is 0.550 bits per heavy atom. The van der Waals surface area contributed by atoms with Crippen LogP contribution in [0.4, 0.5) is 4.79 Å². The SMILES string of the molecule is CC1NCCN(C(=O)N2CCNC(C)C2(c2ccccc2)c2ccccc2)C1(c1ccccc1)c1ccccc1. The van der Waals surface area contributed by atoms with Gasteiger partial charge >= 0.3 is 6.03 Å². The second kappa shape index (κ2) is 10.9. The first-order valence-corrected chi connectivity index (χ1v) is 14.4. The van der Waals surface area contributed by atoms with Gasteiger partial charge in [0.2, 0.25) is 0 Å². The molecule has 5 heteroatoms. The maximum absolute atomic E-state index is 15.4. The summed E-state index contributed by atoms with van der Waals surface area (Å²) < 4.78 is 0. The number of urea groups is 1. The monoisotopic (exact) mass is 530 g/mol. The number of benzene rings is 4. The van der Waals surface area contributed by atoms with Crippen molar-refractivity contribution in [1.82, 2.24) is 20.4 Å². The molecule has 2 saturated heterocycles. The highest BCUT2D eigenvalue weighted by molar-refractivity contribution is 5.79. The molecule has 204 valence electrons. The lowest BCUT2D eigenvalue weighted by molar-refractivity contribution is 0.0190. The summed E-state index contributed by atoms with van der Waals surface area (Å²) in [4.78, 5) is 19.7. The summed E-state index contributed by atoms with van der Waals surface area (Å²) in [5.41, 5.74) is 3.10. The molecule has 40 heavy (non-hydrogen) atoms. The fourth-order valence-corrected chi connectivity index (χ4v) is 7.27. The number of carbonyl (C=O) groups is 1. The third kappa shape index (κ3) is 4.04. The van der Waals surface area contributed by atoms with Crippen LogP contribution in [0.2, 0.25) is 0 Å². The molecule has 2 unspecified atom stereocenters. The Morgan fingerprint density at radius 2 is 0.825 bits per heavy atom. The van der Waals surface area contributed by atoms with Crippen LogP contribution in [0.3, 0.4) is 0 Å². The summed E-state index contributed by atoms with van der Waals surface area (Å²) in [5.74, 6) is 0. The van der Waals surface area contributed by atoms with E-state index in [1.165, 1.54) is 0 Å². The molecule has 5 nitrogen and oxygen atoms in total.